The zero-order chi connectivity index (χ0) is 13.4. The molecular formula is C14H16N2O3. The Labute approximate surface area is 111 Å². The second-order valence-corrected chi connectivity index (χ2v) is 5.12. The van der Waals surface area contributed by atoms with Crippen molar-refractivity contribution in [2.24, 2.45) is 0 Å². The average molecular weight is 260 g/mol. The van der Waals surface area contributed by atoms with Crippen LogP contribution in [0.5, 0.6) is 5.75 Å². The van der Waals surface area contributed by atoms with Crippen molar-refractivity contribution in [2.75, 3.05) is 6.54 Å². The van der Waals surface area contributed by atoms with Gasteiger partial charge in [-0.3, -0.25) is 9.59 Å². The summed E-state index contributed by atoms with van der Waals surface area (Å²) in [6.07, 6.45) is 2.13. The lowest BCUT2D eigenvalue weighted by Gasteiger charge is -2.34. The summed E-state index contributed by atoms with van der Waals surface area (Å²) >= 11 is 0. The predicted molar refractivity (Wildman–Crippen MR) is 68.5 cm³/mol. The Hall–Kier alpha value is -2.04. The molecule has 0 radical (unpaired) electrons. The summed E-state index contributed by atoms with van der Waals surface area (Å²) in [6, 6.07) is 5.97. The van der Waals surface area contributed by atoms with Gasteiger partial charge in [0.1, 0.15) is 17.8 Å². The number of piperazine rings is 1. The second-order valence-electron chi connectivity index (χ2n) is 5.12. The third-order valence-electron chi connectivity index (χ3n) is 3.83. The first-order valence-electron chi connectivity index (χ1n) is 6.54. The fourth-order valence-corrected chi connectivity index (χ4v) is 2.84. The molecule has 1 aromatic carbocycles. The van der Waals surface area contributed by atoms with E-state index in [1.54, 1.807) is 29.2 Å². The molecule has 0 aromatic heterocycles. The Morgan fingerprint density at radius 3 is 2.74 bits per heavy atom. The molecule has 2 heterocycles. The van der Waals surface area contributed by atoms with Crippen molar-refractivity contribution < 1.29 is 14.7 Å². The number of aromatic hydroxyl groups is 1. The summed E-state index contributed by atoms with van der Waals surface area (Å²) in [6.45, 7) is 0.684. The highest BCUT2D eigenvalue weighted by Gasteiger charge is 2.42. The van der Waals surface area contributed by atoms with E-state index in [2.05, 4.69) is 5.32 Å². The van der Waals surface area contributed by atoms with Gasteiger partial charge in [0.25, 0.3) is 0 Å². The van der Waals surface area contributed by atoms with Gasteiger partial charge >= 0.3 is 0 Å². The van der Waals surface area contributed by atoms with Crippen LogP contribution in [0, 0.1) is 0 Å². The third-order valence-corrected chi connectivity index (χ3v) is 3.83. The summed E-state index contributed by atoms with van der Waals surface area (Å²) in [5.41, 5.74) is 0.925. The minimum Gasteiger partial charge on any atom is -0.508 e. The van der Waals surface area contributed by atoms with Crippen LogP contribution in [-0.4, -0.2) is 40.4 Å². The molecule has 2 saturated heterocycles. The molecule has 0 spiro atoms. The summed E-state index contributed by atoms with van der Waals surface area (Å²) < 4.78 is 0. The number of rotatable bonds is 2. The molecule has 0 bridgehead atoms. The highest BCUT2D eigenvalue weighted by atomic mass is 16.3. The van der Waals surface area contributed by atoms with E-state index in [1.165, 1.54) is 0 Å². The monoisotopic (exact) mass is 260 g/mol. The van der Waals surface area contributed by atoms with Gasteiger partial charge in [-0.05, 0) is 30.5 Å². The molecule has 2 fully saturated rings. The Morgan fingerprint density at radius 1 is 1.26 bits per heavy atom. The van der Waals surface area contributed by atoms with Gasteiger partial charge in [-0.2, -0.15) is 0 Å². The molecule has 100 valence electrons. The first-order chi connectivity index (χ1) is 9.15. The molecule has 2 atom stereocenters. The van der Waals surface area contributed by atoms with Crippen LogP contribution < -0.4 is 5.32 Å². The minimum atomic E-state index is -0.480. The van der Waals surface area contributed by atoms with Gasteiger partial charge in [0.05, 0.1) is 0 Å². The number of hydrogen-bond acceptors (Lipinski definition) is 3. The van der Waals surface area contributed by atoms with Crippen molar-refractivity contribution in [1.29, 1.82) is 0 Å². The van der Waals surface area contributed by atoms with E-state index in [-0.39, 0.29) is 23.6 Å². The lowest BCUT2D eigenvalue weighted by Crippen LogP contribution is -2.61. The molecule has 0 saturated carbocycles. The van der Waals surface area contributed by atoms with Gasteiger partial charge in [0.15, 0.2) is 0 Å². The molecular weight excluding hydrogens is 244 g/mol. The van der Waals surface area contributed by atoms with Crippen molar-refractivity contribution in [3.63, 3.8) is 0 Å². The van der Waals surface area contributed by atoms with Gasteiger partial charge in [0.2, 0.25) is 11.8 Å². The molecule has 2 amide bonds. The van der Waals surface area contributed by atoms with Crippen molar-refractivity contribution in [3.05, 3.63) is 29.8 Å². The number of amides is 2. The summed E-state index contributed by atoms with van der Waals surface area (Å²) in [7, 11) is 0. The van der Waals surface area contributed by atoms with Crippen LogP contribution in [-0.2, 0) is 16.0 Å². The van der Waals surface area contributed by atoms with Crippen molar-refractivity contribution in [3.8, 4) is 5.75 Å². The Bertz CT molecular complexity index is 512. The summed E-state index contributed by atoms with van der Waals surface area (Å²) in [5.74, 6) is 0.165. The average Bonchev–Trinajstić information content (AvgIpc) is 2.88. The van der Waals surface area contributed by atoms with Crippen LogP contribution in [0.3, 0.4) is 0 Å². The highest BCUT2D eigenvalue weighted by Crippen LogP contribution is 2.23. The molecule has 0 aliphatic carbocycles. The van der Waals surface area contributed by atoms with E-state index in [0.717, 1.165) is 18.4 Å². The van der Waals surface area contributed by atoms with Crippen LogP contribution in [0.4, 0.5) is 0 Å². The maximum absolute atomic E-state index is 12.3. The SMILES string of the molecule is O=C1N[C@@H](Cc2ccc(O)cc2)C(=O)N2CCC[C@H]12. The van der Waals surface area contributed by atoms with Gasteiger partial charge in [-0.15, -0.1) is 0 Å². The first-order valence-corrected chi connectivity index (χ1v) is 6.54. The highest BCUT2D eigenvalue weighted by molar-refractivity contribution is 5.97. The second kappa shape index (κ2) is 4.57. The van der Waals surface area contributed by atoms with Crippen molar-refractivity contribution in [1.82, 2.24) is 10.2 Å². The Kier molecular flexibility index (Phi) is 2.89. The molecule has 5 nitrogen and oxygen atoms in total. The molecule has 5 heteroatoms. The molecule has 2 aliphatic rings. The number of nitrogens with zero attached hydrogens (tertiary/aromatic N) is 1. The van der Waals surface area contributed by atoms with Crippen molar-refractivity contribution >= 4 is 11.8 Å². The number of hydrogen-bond donors (Lipinski definition) is 2. The summed E-state index contributed by atoms with van der Waals surface area (Å²) in [4.78, 5) is 25.9. The van der Waals surface area contributed by atoms with Gasteiger partial charge in [0, 0.05) is 13.0 Å². The van der Waals surface area contributed by atoms with Gasteiger partial charge < -0.3 is 15.3 Å². The standard InChI is InChI=1S/C14H16N2O3/c17-10-5-3-9(4-6-10)8-11-14(19)16-7-1-2-12(16)13(18)15-11/h3-6,11-12,17H,1-2,7-8H2,(H,15,18)/t11-,12+/m0/s1. The molecule has 19 heavy (non-hydrogen) atoms. The zero-order valence-corrected chi connectivity index (χ0v) is 10.5. The van der Waals surface area contributed by atoms with Gasteiger partial charge in [-0.25, -0.2) is 0 Å². The lowest BCUT2D eigenvalue weighted by atomic mass is 10.0. The Morgan fingerprint density at radius 2 is 2.00 bits per heavy atom. The van der Waals surface area contributed by atoms with Crippen LogP contribution in [0.25, 0.3) is 0 Å². The maximum atomic E-state index is 12.3. The molecule has 1 aromatic rings. The molecule has 0 unspecified atom stereocenters. The quantitative estimate of drug-likeness (QED) is 0.810. The maximum Gasteiger partial charge on any atom is 0.246 e. The number of carbonyl (C=O) groups excluding carboxylic acids is 2. The Balaban J connectivity index is 1.76. The first kappa shape index (κ1) is 12.0. The van der Waals surface area contributed by atoms with Crippen LogP contribution in [0.2, 0.25) is 0 Å². The number of carbonyl (C=O) groups is 2. The number of benzene rings is 1. The number of nitrogens with one attached hydrogen (secondary N) is 1. The fraction of sp³-hybridized carbons (Fsp3) is 0.429. The summed E-state index contributed by atoms with van der Waals surface area (Å²) in [5, 5.41) is 12.0. The number of fused-ring (bicyclic) bond motifs is 1. The van der Waals surface area contributed by atoms with E-state index in [4.69, 9.17) is 0 Å². The fourth-order valence-electron chi connectivity index (χ4n) is 2.84. The van der Waals surface area contributed by atoms with Crippen LogP contribution >= 0.6 is 0 Å². The zero-order valence-electron chi connectivity index (χ0n) is 10.5. The third kappa shape index (κ3) is 2.16. The molecule has 2 aliphatic heterocycles. The van der Waals surface area contributed by atoms with Crippen LogP contribution in [0.1, 0.15) is 18.4 Å². The number of phenols is 1. The van der Waals surface area contributed by atoms with E-state index >= 15 is 0 Å². The van der Waals surface area contributed by atoms with Crippen molar-refractivity contribution in [2.45, 2.75) is 31.3 Å². The normalized spacial score (nSPS) is 26.2. The lowest BCUT2D eigenvalue weighted by molar-refractivity contribution is -0.146. The van der Waals surface area contributed by atoms with Crippen LogP contribution in [0.15, 0.2) is 24.3 Å². The topological polar surface area (TPSA) is 69.6 Å². The van der Waals surface area contributed by atoms with E-state index < -0.39 is 6.04 Å². The predicted octanol–water partition coefficient (Wildman–Crippen LogP) is 0.424. The number of phenolic OH excluding ortho intramolecular Hbond substituents is 1. The molecule has 2 N–H and O–H groups in total. The van der Waals surface area contributed by atoms with E-state index in [0.29, 0.717) is 13.0 Å². The van der Waals surface area contributed by atoms with Gasteiger partial charge in [-0.1, -0.05) is 12.1 Å². The van der Waals surface area contributed by atoms with E-state index in [1.807, 2.05) is 0 Å². The largest absolute Gasteiger partial charge is 0.508 e. The molecule has 3 rings (SSSR count). The van der Waals surface area contributed by atoms with E-state index in [9.17, 15) is 14.7 Å². The smallest absolute Gasteiger partial charge is 0.246 e. The minimum absolute atomic E-state index is 0.00942.